The Morgan fingerprint density at radius 2 is 2.00 bits per heavy atom. The van der Waals surface area contributed by atoms with Gasteiger partial charge in [0.2, 0.25) is 0 Å². The lowest BCUT2D eigenvalue weighted by molar-refractivity contribution is 0.0485. The van der Waals surface area contributed by atoms with E-state index in [9.17, 15) is 4.39 Å². The number of hydrogen-bond donors (Lipinski definition) is 2. The molecule has 0 spiro atoms. The molecule has 6 heteroatoms. The molecule has 1 rings (SSSR count). The van der Waals surface area contributed by atoms with Gasteiger partial charge in [0.1, 0.15) is 12.8 Å². The van der Waals surface area contributed by atoms with Crippen molar-refractivity contribution in [1.82, 2.24) is 0 Å². The molecule has 5 nitrogen and oxygen atoms in total. The molecule has 1 aliphatic rings. The number of nitrogens with zero attached hydrogens (tertiary/aromatic N) is 1. The molecule has 1 saturated carbocycles. The van der Waals surface area contributed by atoms with Gasteiger partial charge in [-0.3, -0.25) is 4.99 Å². The van der Waals surface area contributed by atoms with Crippen molar-refractivity contribution in [3.8, 4) is 0 Å². The number of allylic oxidation sites excluding steroid dienone is 1. The highest BCUT2D eigenvalue weighted by Gasteiger charge is 2.16. The lowest BCUT2D eigenvalue weighted by atomic mass is 9.92. The fourth-order valence-corrected chi connectivity index (χ4v) is 2.10. The highest BCUT2D eigenvalue weighted by molar-refractivity contribution is 5.78. The van der Waals surface area contributed by atoms with Crippen LogP contribution in [0.2, 0.25) is 0 Å². The Bertz CT molecular complexity index is 351. The molecular weight excluding hydrogens is 273 g/mol. The first-order valence-electron chi connectivity index (χ1n) is 7.58. The van der Waals surface area contributed by atoms with Gasteiger partial charge in [-0.25, -0.2) is 4.39 Å². The summed E-state index contributed by atoms with van der Waals surface area (Å²) in [6, 6.07) is 0.662. The molecule has 4 N–H and O–H groups in total. The molecule has 0 aromatic rings. The molecule has 0 amide bonds. The number of aliphatic imine (C=N–C) groups is 1. The minimum atomic E-state index is -0.963. The van der Waals surface area contributed by atoms with Crippen molar-refractivity contribution in [3.05, 3.63) is 11.5 Å². The van der Waals surface area contributed by atoms with Crippen LogP contribution < -0.4 is 11.5 Å². The molecular formula is C15H28FN3O2. The van der Waals surface area contributed by atoms with Gasteiger partial charge >= 0.3 is 0 Å². The monoisotopic (exact) mass is 301 g/mol. The standard InChI is InChI=1S/C15H28FN3O2/c1-11(9-19-14-5-3-13(17)4-6-14)15(18)21-8-7-20-10-12(2)16/h9,12-14H,3-8,10,17-18H2,1-2H3/b15-11+,19-9?. The number of ether oxygens (including phenoxy) is 2. The van der Waals surface area contributed by atoms with Gasteiger partial charge in [0, 0.05) is 17.8 Å². The summed E-state index contributed by atoms with van der Waals surface area (Å²) in [4.78, 5) is 4.53. The zero-order chi connectivity index (χ0) is 15.7. The van der Waals surface area contributed by atoms with E-state index in [1.54, 1.807) is 6.21 Å². The molecule has 0 aromatic heterocycles. The second kappa shape index (κ2) is 9.73. The normalized spacial score (nSPS) is 25.7. The molecule has 0 aliphatic heterocycles. The Hall–Kier alpha value is -1.14. The van der Waals surface area contributed by atoms with E-state index in [4.69, 9.17) is 20.9 Å². The third kappa shape index (κ3) is 8.02. The maximum Gasteiger partial charge on any atom is 0.188 e. The van der Waals surface area contributed by atoms with Gasteiger partial charge in [-0.2, -0.15) is 0 Å². The zero-order valence-corrected chi connectivity index (χ0v) is 13.1. The molecule has 0 heterocycles. The van der Waals surface area contributed by atoms with E-state index in [0.29, 0.717) is 31.2 Å². The third-order valence-electron chi connectivity index (χ3n) is 3.44. The number of rotatable bonds is 8. The Labute approximate surface area is 126 Å². The SMILES string of the molecule is C/C(C=NC1CCC(N)CC1)=C(/N)OCCOCC(C)F. The lowest BCUT2D eigenvalue weighted by Crippen LogP contribution is -2.28. The Morgan fingerprint density at radius 1 is 1.33 bits per heavy atom. The number of nitrogens with two attached hydrogens (primary N) is 2. The highest BCUT2D eigenvalue weighted by Crippen LogP contribution is 2.19. The van der Waals surface area contributed by atoms with Crippen molar-refractivity contribution in [2.24, 2.45) is 16.5 Å². The van der Waals surface area contributed by atoms with E-state index < -0.39 is 6.17 Å². The van der Waals surface area contributed by atoms with Gasteiger partial charge in [0.25, 0.3) is 0 Å². The summed E-state index contributed by atoms with van der Waals surface area (Å²) in [5, 5.41) is 0. The molecule has 1 aliphatic carbocycles. The third-order valence-corrected chi connectivity index (χ3v) is 3.44. The summed E-state index contributed by atoms with van der Waals surface area (Å²) in [7, 11) is 0. The maximum absolute atomic E-state index is 12.5. The van der Waals surface area contributed by atoms with Crippen LogP contribution in [0, 0.1) is 0 Å². The van der Waals surface area contributed by atoms with Crippen molar-refractivity contribution < 1.29 is 13.9 Å². The van der Waals surface area contributed by atoms with Crippen LogP contribution in [0.15, 0.2) is 16.4 Å². The Balaban J connectivity index is 2.25. The predicted octanol–water partition coefficient (Wildman–Crippen LogP) is 1.91. The quantitative estimate of drug-likeness (QED) is 0.407. The fourth-order valence-electron chi connectivity index (χ4n) is 2.10. The Kier molecular flexibility index (Phi) is 8.30. The molecule has 1 unspecified atom stereocenters. The van der Waals surface area contributed by atoms with Crippen LogP contribution in [0.3, 0.4) is 0 Å². The number of hydrogen-bond acceptors (Lipinski definition) is 5. The summed E-state index contributed by atoms with van der Waals surface area (Å²) in [6.45, 7) is 4.02. The van der Waals surface area contributed by atoms with Gasteiger partial charge in [0.15, 0.2) is 5.88 Å². The lowest BCUT2D eigenvalue weighted by Gasteiger charge is -2.22. The first kappa shape index (κ1) is 17.9. The molecule has 1 atom stereocenters. The average molecular weight is 301 g/mol. The van der Waals surface area contributed by atoms with Crippen molar-refractivity contribution >= 4 is 6.21 Å². The van der Waals surface area contributed by atoms with E-state index in [2.05, 4.69) is 4.99 Å². The summed E-state index contributed by atoms with van der Waals surface area (Å²) >= 11 is 0. The zero-order valence-electron chi connectivity index (χ0n) is 13.1. The van der Waals surface area contributed by atoms with E-state index in [-0.39, 0.29) is 6.61 Å². The minimum Gasteiger partial charge on any atom is -0.477 e. The molecule has 21 heavy (non-hydrogen) atoms. The van der Waals surface area contributed by atoms with Crippen LogP contribution in [0.5, 0.6) is 0 Å². The number of alkyl halides is 1. The predicted molar refractivity (Wildman–Crippen MR) is 83.0 cm³/mol. The topological polar surface area (TPSA) is 82.9 Å². The second-order valence-electron chi connectivity index (χ2n) is 5.60. The fraction of sp³-hybridized carbons (Fsp3) is 0.800. The summed E-state index contributed by atoms with van der Waals surface area (Å²) in [5.74, 6) is 0.336. The van der Waals surface area contributed by atoms with Gasteiger partial charge in [0.05, 0.1) is 19.3 Å². The van der Waals surface area contributed by atoms with E-state index in [1.165, 1.54) is 6.92 Å². The highest BCUT2D eigenvalue weighted by atomic mass is 19.1. The maximum atomic E-state index is 12.5. The molecule has 122 valence electrons. The van der Waals surface area contributed by atoms with E-state index in [1.807, 2.05) is 6.92 Å². The van der Waals surface area contributed by atoms with Crippen molar-refractivity contribution in [2.75, 3.05) is 19.8 Å². The van der Waals surface area contributed by atoms with Gasteiger partial charge in [-0.1, -0.05) is 0 Å². The van der Waals surface area contributed by atoms with Crippen LogP contribution >= 0.6 is 0 Å². The van der Waals surface area contributed by atoms with Gasteiger partial charge < -0.3 is 20.9 Å². The van der Waals surface area contributed by atoms with Crippen molar-refractivity contribution in [2.45, 2.75) is 57.8 Å². The van der Waals surface area contributed by atoms with Gasteiger partial charge in [-0.15, -0.1) is 0 Å². The summed E-state index contributed by atoms with van der Waals surface area (Å²) < 4.78 is 22.9. The first-order valence-corrected chi connectivity index (χ1v) is 7.58. The summed E-state index contributed by atoms with van der Waals surface area (Å²) in [5.41, 5.74) is 12.5. The van der Waals surface area contributed by atoms with Crippen LogP contribution in [0.1, 0.15) is 39.5 Å². The van der Waals surface area contributed by atoms with Crippen LogP contribution in [0.4, 0.5) is 4.39 Å². The summed E-state index contributed by atoms with van der Waals surface area (Å²) in [6.07, 6.45) is 4.92. The molecule has 1 fully saturated rings. The largest absolute Gasteiger partial charge is 0.477 e. The Morgan fingerprint density at radius 3 is 2.62 bits per heavy atom. The first-order chi connectivity index (χ1) is 9.99. The minimum absolute atomic E-state index is 0.0806. The van der Waals surface area contributed by atoms with Crippen molar-refractivity contribution in [3.63, 3.8) is 0 Å². The second-order valence-corrected chi connectivity index (χ2v) is 5.60. The van der Waals surface area contributed by atoms with E-state index >= 15 is 0 Å². The van der Waals surface area contributed by atoms with Crippen LogP contribution in [-0.4, -0.2) is 44.3 Å². The average Bonchev–Trinajstić information content (AvgIpc) is 2.45. The van der Waals surface area contributed by atoms with Crippen LogP contribution in [0.25, 0.3) is 0 Å². The van der Waals surface area contributed by atoms with Gasteiger partial charge in [-0.05, 0) is 39.5 Å². The number of halogens is 1. The molecule has 0 radical (unpaired) electrons. The molecule has 0 saturated heterocycles. The van der Waals surface area contributed by atoms with Crippen LogP contribution in [-0.2, 0) is 9.47 Å². The molecule has 0 bridgehead atoms. The van der Waals surface area contributed by atoms with E-state index in [0.717, 1.165) is 31.3 Å². The smallest absolute Gasteiger partial charge is 0.188 e. The molecule has 0 aromatic carbocycles. The van der Waals surface area contributed by atoms with Crippen molar-refractivity contribution in [1.29, 1.82) is 0 Å².